The summed E-state index contributed by atoms with van der Waals surface area (Å²) >= 11 is 0. The zero-order chi connectivity index (χ0) is 18.8. The van der Waals surface area contributed by atoms with Crippen LogP contribution in [0.1, 0.15) is 37.6 Å². The third-order valence-electron chi connectivity index (χ3n) is 4.61. The highest BCUT2D eigenvalue weighted by Gasteiger charge is 2.37. The Bertz CT molecular complexity index is 681. The Hall–Kier alpha value is -2.06. The van der Waals surface area contributed by atoms with Gasteiger partial charge in [0.25, 0.3) is 11.6 Å². The predicted octanol–water partition coefficient (Wildman–Crippen LogP) is 2.62. The standard InChI is InChI=1S/C17H25N3O5.ClH/c1-5-25-14-9-12(20(22)23)11(8-13(14)24-4)16(21)19-7-6-15(18)17(2,3)10-19;/h8-9,15H,5-7,10,18H2,1-4H3;1H. The summed E-state index contributed by atoms with van der Waals surface area (Å²) in [5.41, 5.74) is 5.56. The van der Waals surface area contributed by atoms with Crippen molar-refractivity contribution in [1.82, 2.24) is 4.90 Å². The highest BCUT2D eigenvalue weighted by Crippen LogP contribution is 2.36. The quantitative estimate of drug-likeness (QED) is 0.614. The zero-order valence-electron chi connectivity index (χ0n) is 15.5. The summed E-state index contributed by atoms with van der Waals surface area (Å²) in [6, 6.07) is 2.62. The van der Waals surface area contributed by atoms with Gasteiger partial charge in [-0.05, 0) is 18.8 Å². The monoisotopic (exact) mass is 387 g/mol. The van der Waals surface area contributed by atoms with Crippen LogP contribution >= 0.6 is 12.4 Å². The van der Waals surface area contributed by atoms with Gasteiger partial charge in [-0.3, -0.25) is 14.9 Å². The number of halogens is 1. The van der Waals surface area contributed by atoms with Crippen molar-refractivity contribution in [3.8, 4) is 11.5 Å². The fourth-order valence-electron chi connectivity index (χ4n) is 3.02. The molecule has 2 rings (SSSR count). The number of hydrogen-bond acceptors (Lipinski definition) is 6. The number of carbonyl (C=O) groups is 1. The molecule has 0 bridgehead atoms. The van der Waals surface area contributed by atoms with Gasteiger partial charge in [0.05, 0.1) is 24.7 Å². The Morgan fingerprint density at radius 2 is 2.08 bits per heavy atom. The molecular weight excluding hydrogens is 362 g/mol. The molecule has 26 heavy (non-hydrogen) atoms. The van der Waals surface area contributed by atoms with E-state index in [9.17, 15) is 14.9 Å². The molecule has 1 aliphatic rings. The van der Waals surface area contributed by atoms with Gasteiger partial charge < -0.3 is 20.1 Å². The minimum atomic E-state index is -0.573. The molecule has 1 fully saturated rings. The third kappa shape index (κ3) is 4.37. The maximum absolute atomic E-state index is 12.9. The number of rotatable bonds is 5. The second-order valence-electron chi connectivity index (χ2n) is 6.82. The first-order valence-electron chi connectivity index (χ1n) is 8.25. The van der Waals surface area contributed by atoms with E-state index < -0.39 is 10.8 Å². The van der Waals surface area contributed by atoms with Crippen molar-refractivity contribution in [3.63, 3.8) is 0 Å². The second kappa shape index (κ2) is 8.55. The lowest BCUT2D eigenvalue weighted by atomic mass is 9.79. The maximum Gasteiger partial charge on any atom is 0.286 e. The summed E-state index contributed by atoms with van der Waals surface area (Å²) in [7, 11) is 1.43. The van der Waals surface area contributed by atoms with E-state index in [0.717, 1.165) is 0 Å². The molecule has 1 aromatic carbocycles. The van der Waals surface area contributed by atoms with Gasteiger partial charge in [0.2, 0.25) is 0 Å². The Morgan fingerprint density at radius 3 is 2.58 bits per heavy atom. The first-order chi connectivity index (χ1) is 11.7. The Kier molecular flexibility index (Phi) is 7.23. The summed E-state index contributed by atoms with van der Waals surface area (Å²) in [4.78, 5) is 25.4. The van der Waals surface area contributed by atoms with Crippen LogP contribution < -0.4 is 15.2 Å². The lowest BCUT2D eigenvalue weighted by Crippen LogP contribution is -2.54. The van der Waals surface area contributed by atoms with Crippen molar-refractivity contribution in [3.05, 3.63) is 27.8 Å². The molecular formula is C17H26ClN3O5. The number of nitro groups is 1. The van der Waals surface area contributed by atoms with Gasteiger partial charge in [-0.15, -0.1) is 12.4 Å². The first kappa shape index (κ1) is 22.0. The van der Waals surface area contributed by atoms with Crippen molar-refractivity contribution in [1.29, 1.82) is 0 Å². The highest BCUT2D eigenvalue weighted by molar-refractivity contribution is 5.99. The van der Waals surface area contributed by atoms with E-state index in [4.69, 9.17) is 15.2 Å². The van der Waals surface area contributed by atoms with Crippen LogP contribution in [0.15, 0.2) is 12.1 Å². The number of nitro benzene ring substituents is 1. The number of likely N-dealkylation sites (tertiary alicyclic amines) is 1. The van der Waals surface area contributed by atoms with E-state index >= 15 is 0 Å². The molecule has 0 radical (unpaired) electrons. The minimum absolute atomic E-state index is 0. The van der Waals surface area contributed by atoms with Gasteiger partial charge in [0.1, 0.15) is 5.56 Å². The number of benzene rings is 1. The number of amides is 1. The largest absolute Gasteiger partial charge is 0.493 e. The van der Waals surface area contributed by atoms with E-state index in [1.54, 1.807) is 11.8 Å². The lowest BCUT2D eigenvalue weighted by Gasteiger charge is -2.42. The van der Waals surface area contributed by atoms with Gasteiger partial charge in [0.15, 0.2) is 11.5 Å². The molecule has 0 spiro atoms. The molecule has 0 aromatic heterocycles. The van der Waals surface area contributed by atoms with Crippen LogP contribution in [0.3, 0.4) is 0 Å². The normalized spacial score (nSPS) is 18.7. The zero-order valence-corrected chi connectivity index (χ0v) is 16.3. The van der Waals surface area contributed by atoms with Gasteiger partial charge in [-0.1, -0.05) is 13.8 Å². The van der Waals surface area contributed by atoms with Crippen molar-refractivity contribution in [2.45, 2.75) is 33.2 Å². The van der Waals surface area contributed by atoms with Crippen LogP contribution in [0, 0.1) is 15.5 Å². The second-order valence-corrected chi connectivity index (χ2v) is 6.82. The smallest absolute Gasteiger partial charge is 0.286 e. The van der Waals surface area contributed by atoms with Crippen molar-refractivity contribution < 1.29 is 19.2 Å². The average Bonchev–Trinajstić information content (AvgIpc) is 2.56. The van der Waals surface area contributed by atoms with Crippen LogP contribution in [-0.2, 0) is 0 Å². The molecule has 1 unspecified atom stereocenters. The van der Waals surface area contributed by atoms with E-state index in [1.807, 2.05) is 13.8 Å². The van der Waals surface area contributed by atoms with Crippen molar-refractivity contribution in [2.75, 3.05) is 26.8 Å². The summed E-state index contributed by atoms with van der Waals surface area (Å²) < 4.78 is 10.6. The van der Waals surface area contributed by atoms with E-state index in [0.29, 0.717) is 31.9 Å². The predicted molar refractivity (Wildman–Crippen MR) is 100 cm³/mol. The number of carbonyl (C=O) groups excluding carboxylic acids is 1. The molecule has 1 amide bonds. The molecule has 146 valence electrons. The Balaban J connectivity index is 0.00000338. The summed E-state index contributed by atoms with van der Waals surface area (Å²) in [6.07, 6.45) is 0.653. The molecule has 1 aromatic rings. The molecule has 0 saturated carbocycles. The van der Waals surface area contributed by atoms with Gasteiger partial charge in [0, 0.05) is 25.2 Å². The Morgan fingerprint density at radius 1 is 1.42 bits per heavy atom. The maximum atomic E-state index is 12.9. The number of nitrogens with zero attached hydrogens (tertiary/aromatic N) is 2. The highest BCUT2D eigenvalue weighted by atomic mass is 35.5. The lowest BCUT2D eigenvalue weighted by molar-refractivity contribution is -0.385. The molecule has 1 atom stereocenters. The third-order valence-corrected chi connectivity index (χ3v) is 4.61. The van der Waals surface area contributed by atoms with Crippen LogP contribution in [-0.4, -0.2) is 48.6 Å². The molecule has 9 heteroatoms. The van der Waals surface area contributed by atoms with Gasteiger partial charge >= 0.3 is 0 Å². The number of piperidine rings is 1. The van der Waals surface area contributed by atoms with E-state index in [2.05, 4.69) is 0 Å². The Labute approximate surface area is 159 Å². The molecule has 0 aliphatic carbocycles. The number of ether oxygens (including phenoxy) is 2. The van der Waals surface area contributed by atoms with Crippen LogP contribution in [0.5, 0.6) is 11.5 Å². The van der Waals surface area contributed by atoms with Crippen LogP contribution in [0.25, 0.3) is 0 Å². The number of nitrogens with two attached hydrogens (primary N) is 1. The van der Waals surface area contributed by atoms with E-state index in [1.165, 1.54) is 19.2 Å². The van der Waals surface area contributed by atoms with Gasteiger partial charge in [-0.25, -0.2) is 0 Å². The summed E-state index contributed by atoms with van der Waals surface area (Å²) in [5, 5.41) is 11.5. The topological polar surface area (TPSA) is 108 Å². The molecule has 8 nitrogen and oxygen atoms in total. The average molecular weight is 388 g/mol. The fraction of sp³-hybridized carbons (Fsp3) is 0.588. The number of hydrogen-bond donors (Lipinski definition) is 1. The molecule has 1 saturated heterocycles. The van der Waals surface area contributed by atoms with Crippen molar-refractivity contribution >= 4 is 24.0 Å². The van der Waals surface area contributed by atoms with Crippen LogP contribution in [0.2, 0.25) is 0 Å². The molecule has 1 aliphatic heterocycles. The SMILES string of the molecule is CCOc1cc([N+](=O)[O-])c(C(=O)N2CCC(N)C(C)(C)C2)cc1OC.Cl. The summed E-state index contributed by atoms with van der Waals surface area (Å²) in [5.74, 6) is 0.144. The first-order valence-corrected chi connectivity index (χ1v) is 8.25. The number of methoxy groups -OCH3 is 1. The molecule has 1 heterocycles. The van der Waals surface area contributed by atoms with Crippen molar-refractivity contribution in [2.24, 2.45) is 11.1 Å². The fourth-order valence-corrected chi connectivity index (χ4v) is 3.02. The summed E-state index contributed by atoms with van der Waals surface area (Å²) in [6.45, 7) is 6.99. The molecule has 2 N–H and O–H groups in total. The minimum Gasteiger partial charge on any atom is -0.493 e. The van der Waals surface area contributed by atoms with Crippen LogP contribution in [0.4, 0.5) is 5.69 Å². The van der Waals surface area contributed by atoms with E-state index in [-0.39, 0.29) is 40.9 Å². The van der Waals surface area contributed by atoms with Gasteiger partial charge in [-0.2, -0.15) is 0 Å².